The molecule has 0 saturated carbocycles. The minimum Gasteiger partial charge on any atom is -0.389 e. The van der Waals surface area contributed by atoms with Gasteiger partial charge in [0.1, 0.15) is 4.99 Å². The molecule has 1 rings (SSSR count). The summed E-state index contributed by atoms with van der Waals surface area (Å²) in [7, 11) is 5.57. The average molecular weight is 279 g/mol. The van der Waals surface area contributed by atoms with E-state index in [0.717, 1.165) is 24.2 Å². The number of hydrogen-bond acceptors (Lipinski definition) is 3. The van der Waals surface area contributed by atoms with Crippen molar-refractivity contribution in [1.82, 2.24) is 4.90 Å². The Morgan fingerprint density at radius 2 is 1.79 bits per heavy atom. The molecule has 0 heterocycles. The molecule has 0 radical (unpaired) electrons. The van der Waals surface area contributed by atoms with Gasteiger partial charge in [0.25, 0.3) is 0 Å². The summed E-state index contributed by atoms with van der Waals surface area (Å²) in [6.45, 7) is 0.839. The Morgan fingerprint density at radius 3 is 2.26 bits per heavy atom. The van der Waals surface area contributed by atoms with Gasteiger partial charge in [-0.3, -0.25) is 4.79 Å². The van der Waals surface area contributed by atoms with Crippen molar-refractivity contribution in [2.24, 2.45) is 5.73 Å². The SMILES string of the molecule is CN(C)C(=O)CCCN(C)c1ccc(C(N)=S)cc1. The van der Waals surface area contributed by atoms with Gasteiger partial charge >= 0.3 is 0 Å². The quantitative estimate of drug-likeness (QED) is 0.804. The zero-order chi connectivity index (χ0) is 14.4. The van der Waals surface area contributed by atoms with Gasteiger partial charge in [0.05, 0.1) is 0 Å². The van der Waals surface area contributed by atoms with Crippen LogP contribution in [0.2, 0.25) is 0 Å². The first-order chi connectivity index (χ1) is 8.91. The third-order valence-corrected chi connectivity index (χ3v) is 3.21. The first kappa shape index (κ1) is 15.4. The van der Waals surface area contributed by atoms with Gasteiger partial charge in [-0.05, 0) is 30.7 Å². The fourth-order valence-electron chi connectivity index (χ4n) is 1.70. The van der Waals surface area contributed by atoms with Gasteiger partial charge in [0, 0.05) is 45.4 Å². The Hall–Kier alpha value is -1.62. The molecule has 0 aliphatic heterocycles. The highest BCUT2D eigenvalue weighted by Gasteiger charge is 2.06. The lowest BCUT2D eigenvalue weighted by molar-refractivity contribution is -0.128. The number of thiocarbonyl (C=S) groups is 1. The van der Waals surface area contributed by atoms with Gasteiger partial charge in [-0.25, -0.2) is 0 Å². The van der Waals surface area contributed by atoms with E-state index in [1.54, 1.807) is 19.0 Å². The normalized spacial score (nSPS) is 10.1. The van der Waals surface area contributed by atoms with Crippen LogP contribution in [0.15, 0.2) is 24.3 Å². The van der Waals surface area contributed by atoms with Gasteiger partial charge in [0.2, 0.25) is 5.91 Å². The summed E-state index contributed by atoms with van der Waals surface area (Å²) in [4.78, 5) is 15.6. The number of amides is 1. The number of rotatable bonds is 6. The minimum absolute atomic E-state index is 0.164. The van der Waals surface area contributed by atoms with Crippen LogP contribution in [0.5, 0.6) is 0 Å². The summed E-state index contributed by atoms with van der Waals surface area (Å²) in [6.07, 6.45) is 1.41. The zero-order valence-corrected chi connectivity index (χ0v) is 12.5. The highest BCUT2D eigenvalue weighted by molar-refractivity contribution is 7.80. The van der Waals surface area contributed by atoms with Crippen molar-refractivity contribution in [2.75, 3.05) is 32.6 Å². The fourth-order valence-corrected chi connectivity index (χ4v) is 1.84. The van der Waals surface area contributed by atoms with Crippen LogP contribution in [0.25, 0.3) is 0 Å². The molecule has 0 saturated heterocycles. The average Bonchev–Trinajstić information content (AvgIpc) is 2.38. The molecular formula is C14H21N3OS. The molecule has 1 aromatic rings. The van der Waals surface area contributed by atoms with Crippen molar-refractivity contribution in [3.8, 4) is 0 Å². The fraction of sp³-hybridized carbons (Fsp3) is 0.429. The number of carbonyl (C=O) groups excluding carboxylic acids is 1. The third-order valence-electron chi connectivity index (χ3n) is 2.98. The molecular weight excluding hydrogens is 258 g/mol. The summed E-state index contributed by atoms with van der Waals surface area (Å²) in [5.41, 5.74) is 7.52. The number of carbonyl (C=O) groups is 1. The van der Waals surface area contributed by atoms with Crippen LogP contribution in [0.4, 0.5) is 5.69 Å². The molecule has 2 N–H and O–H groups in total. The summed E-state index contributed by atoms with van der Waals surface area (Å²) >= 11 is 4.92. The molecule has 1 amide bonds. The van der Waals surface area contributed by atoms with Crippen LogP contribution < -0.4 is 10.6 Å². The minimum atomic E-state index is 0.164. The van der Waals surface area contributed by atoms with E-state index >= 15 is 0 Å². The number of hydrogen-bond donors (Lipinski definition) is 1. The van der Waals surface area contributed by atoms with Crippen molar-refractivity contribution in [1.29, 1.82) is 0 Å². The van der Waals surface area contributed by atoms with Crippen LogP contribution in [-0.2, 0) is 4.79 Å². The predicted octanol–water partition coefficient (Wildman–Crippen LogP) is 1.63. The molecule has 0 aliphatic rings. The Balaban J connectivity index is 2.47. The smallest absolute Gasteiger partial charge is 0.222 e. The van der Waals surface area contributed by atoms with Crippen molar-refractivity contribution in [3.05, 3.63) is 29.8 Å². The van der Waals surface area contributed by atoms with Crippen LogP contribution >= 0.6 is 12.2 Å². The second kappa shape index (κ2) is 7.09. The Labute approximate surface area is 120 Å². The standard InChI is InChI=1S/C14H21N3OS/c1-16(2)13(18)5-4-10-17(3)12-8-6-11(7-9-12)14(15)19/h6-9H,4-5,10H2,1-3H3,(H2,15,19). The molecule has 0 aliphatic carbocycles. The third kappa shape index (κ3) is 4.87. The van der Waals surface area contributed by atoms with Crippen molar-refractivity contribution in [3.63, 3.8) is 0 Å². The van der Waals surface area contributed by atoms with Gasteiger partial charge in [-0.2, -0.15) is 0 Å². The highest BCUT2D eigenvalue weighted by atomic mass is 32.1. The highest BCUT2D eigenvalue weighted by Crippen LogP contribution is 2.14. The van der Waals surface area contributed by atoms with E-state index in [-0.39, 0.29) is 5.91 Å². The summed E-state index contributed by atoms with van der Waals surface area (Å²) < 4.78 is 0. The summed E-state index contributed by atoms with van der Waals surface area (Å²) in [5.74, 6) is 0.164. The first-order valence-electron chi connectivity index (χ1n) is 6.23. The number of nitrogens with two attached hydrogens (primary N) is 1. The first-order valence-corrected chi connectivity index (χ1v) is 6.64. The van der Waals surface area contributed by atoms with Crippen LogP contribution in [0.3, 0.4) is 0 Å². The molecule has 5 heteroatoms. The summed E-state index contributed by atoms with van der Waals surface area (Å²) in [5, 5.41) is 0. The molecule has 0 spiro atoms. The van der Waals surface area contributed by atoms with Crippen LogP contribution in [0, 0.1) is 0 Å². The van der Waals surface area contributed by atoms with E-state index in [9.17, 15) is 4.79 Å². The maximum absolute atomic E-state index is 11.5. The monoisotopic (exact) mass is 279 g/mol. The molecule has 0 fully saturated rings. The van der Waals surface area contributed by atoms with Crippen molar-refractivity contribution in [2.45, 2.75) is 12.8 Å². The van der Waals surface area contributed by atoms with E-state index in [4.69, 9.17) is 18.0 Å². The van der Waals surface area contributed by atoms with E-state index in [1.165, 1.54) is 0 Å². The number of nitrogens with zero attached hydrogens (tertiary/aromatic N) is 2. The second-order valence-electron chi connectivity index (χ2n) is 4.72. The van der Waals surface area contributed by atoms with E-state index < -0.39 is 0 Å². The Kier molecular flexibility index (Phi) is 5.76. The van der Waals surface area contributed by atoms with Crippen LogP contribution in [0.1, 0.15) is 18.4 Å². The lowest BCUT2D eigenvalue weighted by atomic mass is 10.2. The maximum atomic E-state index is 11.5. The zero-order valence-electron chi connectivity index (χ0n) is 11.7. The van der Waals surface area contributed by atoms with Crippen molar-refractivity contribution >= 4 is 28.8 Å². The maximum Gasteiger partial charge on any atom is 0.222 e. The van der Waals surface area contributed by atoms with Gasteiger partial charge < -0.3 is 15.5 Å². The largest absolute Gasteiger partial charge is 0.389 e. The van der Waals surface area contributed by atoms with E-state index in [1.807, 2.05) is 31.3 Å². The lowest BCUT2D eigenvalue weighted by Gasteiger charge is -2.20. The van der Waals surface area contributed by atoms with E-state index in [0.29, 0.717) is 11.4 Å². The number of benzene rings is 1. The summed E-state index contributed by atoms with van der Waals surface area (Å²) in [6, 6.07) is 7.81. The Bertz CT molecular complexity index is 443. The molecule has 4 nitrogen and oxygen atoms in total. The molecule has 19 heavy (non-hydrogen) atoms. The molecule has 0 atom stereocenters. The topological polar surface area (TPSA) is 49.6 Å². The second-order valence-corrected chi connectivity index (χ2v) is 5.16. The van der Waals surface area contributed by atoms with Crippen molar-refractivity contribution < 1.29 is 4.79 Å². The molecule has 0 aromatic heterocycles. The Morgan fingerprint density at radius 1 is 1.21 bits per heavy atom. The number of anilines is 1. The molecule has 1 aromatic carbocycles. The van der Waals surface area contributed by atoms with E-state index in [2.05, 4.69) is 4.90 Å². The van der Waals surface area contributed by atoms with Gasteiger partial charge in [-0.1, -0.05) is 12.2 Å². The molecule has 0 unspecified atom stereocenters. The van der Waals surface area contributed by atoms with Gasteiger partial charge in [0.15, 0.2) is 0 Å². The van der Waals surface area contributed by atoms with Crippen LogP contribution in [-0.4, -0.2) is 43.5 Å². The molecule has 0 bridgehead atoms. The lowest BCUT2D eigenvalue weighted by Crippen LogP contribution is -2.24. The predicted molar refractivity (Wildman–Crippen MR) is 83.5 cm³/mol. The molecule has 104 valence electrons. The van der Waals surface area contributed by atoms with Gasteiger partial charge in [-0.15, -0.1) is 0 Å².